The van der Waals surface area contributed by atoms with Crippen LogP contribution in [0.1, 0.15) is 96.0 Å². The lowest BCUT2D eigenvalue weighted by atomic mass is 9.48. The molecule has 0 spiro atoms. The van der Waals surface area contributed by atoms with Gasteiger partial charge in [0.15, 0.2) is 0 Å². The van der Waals surface area contributed by atoms with Crippen LogP contribution in [0.5, 0.6) is 5.75 Å². The van der Waals surface area contributed by atoms with E-state index >= 15 is 0 Å². The molecule has 0 radical (unpaired) electrons. The van der Waals surface area contributed by atoms with Gasteiger partial charge in [0.05, 0.1) is 18.6 Å². The predicted octanol–water partition coefficient (Wildman–Crippen LogP) is 6.63. The largest absolute Gasteiger partial charge is 0.494 e. The second kappa shape index (κ2) is 10.3. The van der Waals surface area contributed by atoms with E-state index in [0.29, 0.717) is 6.42 Å². The van der Waals surface area contributed by atoms with Crippen molar-refractivity contribution in [2.24, 2.45) is 11.3 Å². The summed E-state index contributed by atoms with van der Waals surface area (Å²) in [7, 11) is 0. The van der Waals surface area contributed by atoms with E-state index < -0.39 is 5.97 Å². The highest BCUT2D eigenvalue weighted by molar-refractivity contribution is 5.70. The molecule has 0 heterocycles. The van der Waals surface area contributed by atoms with Gasteiger partial charge in [-0.2, -0.15) is 5.26 Å². The number of rotatable bonds is 9. The van der Waals surface area contributed by atoms with Gasteiger partial charge in [0, 0.05) is 11.8 Å². The Bertz CT molecular complexity index is 720. The molecule has 2 aliphatic rings. The Morgan fingerprint density at radius 3 is 2.37 bits per heavy atom. The van der Waals surface area contributed by atoms with E-state index in [1.165, 1.54) is 24.8 Å². The van der Waals surface area contributed by atoms with Crippen LogP contribution < -0.4 is 4.74 Å². The first-order chi connectivity index (χ1) is 14.6. The van der Waals surface area contributed by atoms with Crippen molar-refractivity contribution < 1.29 is 14.6 Å². The molecule has 2 aliphatic carbocycles. The van der Waals surface area contributed by atoms with Gasteiger partial charge in [-0.05, 0) is 74.5 Å². The number of carbonyl (C=O) groups is 1. The van der Waals surface area contributed by atoms with Crippen LogP contribution in [-0.2, 0) is 10.2 Å². The number of benzene rings is 1. The van der Waals surface area contributed by atoms with Crippen molar-refractivity contribution >= 4 is 5.97 Å². The lowest BCUT2D eigenvalue weighted by Gasteiger charge is -2.56. The van der Waals surface area contributed by atoms with Gasteiger partial charge >= 0.3 is 5.97 Å². The molecule has 2 saturated carbocycles. The summed E-state index contributed by atoms with van der Waals surface area (Å²) in [5.74, 6) is 0.0284. The Morgan fingerprint density at radius 1 is 1.13 bits per heavy atom. The van der Waals surface area contributed by atoms with E-state index in [0.717, 1.165) is 70.1 Å². The van der Waals surface area contributed by atoms with Crippen molar-refractivity contribution in [3.8, 4) is 11.8 Å². The maximum atomic E-state index is 11.6. The van der Waals surface area contributed by atoms with E-state index in [4.69, 9.17) is 4.74 Å². The highest BCUT2D eigenvalue weighted by Gasteiger charge is 2.53. The predicted molar refractivity (Wildman–Crippen MR) is 118 cm³/mol. The van der Waals surface area contributed by atoms with Crippen LogP contribution >= 0.6 is 0 Å². The Kier molecular flexibility index (Phi) is 7.81. The molecule has 1 aromatic rings. The number of nitrogens with zero attached hydrogens (tertiary/aromatic N) is 1. The number of hydrogen-bond donors (Lipinski definition) is 1. The summed E-state index contributed by atoms with van der Waals surface area (Å²) >= 11 is 0. The lowest BCUT2D eigenvalue weighted by Crippen LogP contribution is -2.50. The van der Waals surface area contributed by atoms with Crippen molar-refractivity contribution in [2.45, 2.75) is 95.8 Å². The molecule has 1 aromatic carbocycles. The molecule has 4 nitrogen and oxygen atoms in total. The highest BCUT2D eigenvalue weighted by Crippen LogP contribution is 2.60. The third-order valence-corrected chi connectivity index (χ3v) is 7.90. The average Bonchev–Trinajstić information content (AvgIpc) is 2.79. The number of hydrogen-bond acceptors (Lipinski definition) is 3. The van der Waals surface area contributed by atoms with Crippen LogP contribution in [0.4, 0.5) is 0 Å². The van der Waals surface area contributed by atoms with Gasteiger partial charge < -0.3 is 9.84 Å². The molecule has 0 aliphatic heterocycles. The van der Waals surface area contributed by atoms with Crippen molar-refractivity contribution in [2.75, 3.05) is 6.61 Å². The van der Waals surface area contributed by atoms with Crippen molar-refractivity contribution in [3.63, 3.8) is 0 Å². The van der Waals surface area contributed by atoms with E-state index in [1.807, 2.05) is 0 Å². The first kappa shape index (κ1) is 22.7. The van der Waals surface area contributed by atoms with Crippen molar-refractivity contribution in [1.82, 2.24) is 0 Å². The first-order valence-corrected chi connectivity index (χ1v) is 11.9. The molecule has 3 rings (SSSR count). The van der Waals surface area contributed by atoms with Gasteiger partial charge in [-0.3, -0.25) is 4.79 Å². The quantitative estimate of drug-likeness (QED) is 0.463. The molecule has 0 unspecified atom stereocenters. The summed E-state index contributed by atoms with van der Waals surface area (Å²) in [5.41, 5.74) is 1.40. The topological polar surface area (TPSA) is 70.3 Å². The fraction of sp³-hybridized carbons (Fsp3) is 0.692. The Hall–Kier alpha value is -2.02. The maximum Gasteiger partial charge on any atom is 0.306 e. The van der Waals surface area contributed by atoms with Gasteiger partial charge in [-0.15, -0.1) is 0 Å². The smallest absolute Gasteiger partial charge is 0.306 e. The summed E-state index contributed by atoms with van der Waals surface area (Å²) in [4.78, 5) is 11.6. The number of ether oxygens (including phenoxy) is 1. The van der Waals surface area contributed by atoms with Crippen molar-refractivity contribution in [3.05, 3.63) is 29.8 Å². The standard InChI is InChI=1S/C26H37NO3/c1-2-3-20-30-23-10-8-22(9-11-23)26(17-12-21(13-18-26)24(28)29)25(16-7-19-27)14-5-4-6-15-25/h8-11,21H,2-7,12-18,20H2,1H3,(H,28,29). The summed E-state index contributed by atoms with van der Waals surface area (Å²) in [6.07, 6.45) is 13.0. The zero-order valence-corrected chi connectivity index (χ0v) is 18.5. The minimum Gasteiger partial charge on any atom is -0.494 e. The Morgan fingerprint density at radius 2 is 1.80 bits per heavy atom. The number of nitriles is 1. The maximum absolute atomic E-state index is 11.6. The van der Waals surface area contributed by atoms with E-state index in [1.54, 1.807) is 0 Å². The number of carboxylic acid groups (broad SMARTS) is 1. The lowest BCUT2D eigenvalue weighted by molar-refractivity contribution is -0.144. The third kappa shape index (κ3) is 4.66. The van der Waals surface area contributed by atoms with Crippen LogP contribution in [-0.4, -0.2) is 17.7 Å². The minimum absolute atomic E-state index is 0.0296. The summed E-state index contributed by atoms with van der Waals surface area (Å²) in [6.45, 7) is 2.90. The summed E-state index contributed by atoms with van der Waals surface area (Å²) < 4.78 is 5.88. The average molecular weight is 412 g/mol. The molecule has 164 valence electrons. The second-order valence-electron chi connectivity index (χ2n) is 9.42. The Labute approximate surface area is 181 Å². The molecule has 2 fully saturated rings. The molecular weight excluding hydrogens is 374 g/mol. The van der Waals surface area contributed by atoms with Crippen molar-refractivity contribution in [1.29, 1.82) is 5.26 Å². The van der Waals surface area contributed by atoms with E-state index in [2.05, 4.69) is 37.3 Å². The molecule has 1 N–H and O–H groups in total. The highest BCUT2D eigenvalue weighted by atomic mass is 16.5. The fourth-order valence-corrected chi connectivity index (χ4v) is 6.18. The molecule has 0 saturated heterocycles. The zero-order valence-electron chi connectivity index (χ0n) is 18.5. The second-order valence-corrected chi connectivity index (χ2v) is 9.42. The first-order valence-electron chi connectivity index (χ1n) is 11.9. The minimum atomic E-state index is -0.655. The molecule has 0 atom stereocenters. The summed E-state index contributed by atoms with van der Waals surface area (Å²) in [6, 6.07) is 11.0. The molecule has 0 aromatic heterocycles. The molecule has 4 heteroatoms. The van der Waals surface area contributed by atoms with Gasteiger partial charge in [0.2, 0.25) is 0 Å². The van der Waals surface area contributed by atoms with Crippen LogP contribution in [0, 0.1) is 22.7 Å². The fourth-order valence-electron chi connectivity index (χ4n) is 6.18. The van der Waals surface area contributed by atoms with Gasteiger partial charge in [0.25, 0.3) is 0 Å². The summed E-state index contributed by atoms with van der Waals surface area (Å²) in [5, 5.41) is 18.9. The van der Waals surface area contributed by atoms with Crippen LogP contribution in [0.2, 0.25) is 0 Å². The number of aliphatic carboxylic acids is 1. The monoisotopic (exact) mass is 411 g/mol. The Balaban J connectivity index is 1.93. The van der Waals surface area contributed by atoms with Crippen LogP contribution in [0.25, 0.3) is 0 Å². The van der Waals surface area contributed by atoms with Gasteiger partial charge in [0.1, 0.15) is 5.75 Å². The number of unbranched alkanes of at least 4 members (excludes halogenated alkanes) is 1. The van der Waals surface area contributed by atoms with E-state index in [-0.39, 0.29) is 16.7 Å². The third-order valence-electron chi connectivity index (χ3n) is 7.90. The van der Waals surface area contributed by atoms with Gasteiger partial charge in [-0.1, -0.05) is 44.7 Å². The normalized spacial score (nSPS) is 25.9. The molecule has 0 bridgehead atoms. The van der Waals surface area contributed by atoms with E-state index in [9.17, 15) is 15.2 Å². The van der Waals surface area contributed by atoms with Gasteiger partial charge in [-0.25, -0.2) is 0 Å². The molecule has 0 amide bonds. The van der Waals surface area contributed by atoms with Crippen LogP contribution in [0.3, 0.4) is 0 Å². The number of carboxylic acids is 1. The zero-order chi connectivity index (χ0) is 21.5. The SMILES string of the molecule is CCCCOc1ccc(C2(C3(CCC#N)CCCCC3)CCC(C(=O)O)CC2)cc1. The molecular formula is C26H37NO3. The molecule has 30 heavy (non-hydrogen) atoms. The van der Waals surface area contributed by atoms with Crippen LogP contribution in [0.15, 0.2) is 24.3 Å².